The minimum Gasteiger partial charge on any atom is -0.369 e. The van der Waals surface area contributed by atoms with Crippen molar-refractivity contribution in [2.45, 2.75) is 25.7 Å². The summed E-state index contributed by atoms with van der Waals surface area (Å²) in [6.45, 7) is 7.33. The van der Waals surface area contributed by atoms with Crippen LogP contribution < -0.4 is 15.1 Å². The molecule has 30 heavy (non-hydrogen) atoms. The van der Waals surface area contributed by atoms with Crippen LogP contribution >= 0.6 is 0 Å². The second-order valence-electron chi connectivity index (χ2n) is 8.39. The molecule has 0 radical (unpaired) electrons. The molecule has 0 unspecified atom stereocenters. The predicted octanol–water partition coefficient (Wildman–Crippen LogP) is 4.27. The van der Waals surface area contributed by atoms with Gasteiger partial charge in [0.15, 0.2) is 0 Å². The normalized spacial score (nSPS) is 19.5. The molecule has 1 saturated heterocycles. The standard InChI is InChI=1S/C22H25F3N4O/c1-21(2)26-19-9-8-17(28-12-10-27(3)11-13-28)14-18(19)20(30)29(21)16-6-4-15(5-7-16)22(23,24)25/h4-9,14,26H,10-13H2,1-3H3. The fraction of sp³-hybridized carbons (Fsp3) is 0.409. The molecule has 0 aromatic heterocycles. The number of nitrogens with zero attached hydrogens (tertiary/aromatic N) is 3. The first-order valence-corrected chi connectivity index (χ1v) is 9.94. The van der Waals surface area contributed by atoms with Crippen LogP contribution in [0.3, 0.4) is 0 Å². The van der Waals surface area contributed by atoms with E-state index >= 15 is 0 Å². The lowest BCUT2D eigenvalue weighted by Crippen LogP contribution is -2.56. The van der Waals surface area contributed by atoms with E-state index in [1.54, 1.807) is 0 Å². The van der Waals surface area contributed by atoms with Crippen LogP contribution in [0.5, 0.6) is 0 Å². The van der Waals surface area contributed by atoms with Gasteiger partial charge in [0.1, 0.15) is 5.66 Å². The Bertz CT molecular complexity index is 948. The molecule has 0 bridgehead atoms. The number of carbonyl (C=O) groups excluding carboxylic acids is 1. The van der Waals surface area contributed by atoms with E-state index < -0.39 is 17.4 Å². The topological polar surface area (TPSA) is 38.8 Å². The highest BCUT2D eigenvalue weighted by molar-refractivity contribution is 6.13. The van der Waals surface area contributed by atoms with Gasteiger partial charge in [0, 0.05) is 43.2 Å². The lowest BCUT2D eigenvalue weighted by Gasteiger charge is -2.44. The SMILES string of the molecule is CN1CCN(c2ccc3c(c2)C(=O)N(c2ccc(C(F)(F)F)cc2)C(C)(C)N3)CC1. The van der Waals surface area contributed by atoms with E-state index in [0.717, 1.165) is 49.7 Å². The lowest BCUT2D eigenvalue weighted by molar-refractivity contribution is -0.137. The van der Waals surface area contributed by atoms with Crippen molar-refractivity contribution in [1.82, 2.24) is 4.90 Å². The number of hydrogen-bond donors (Lipinski definition) is 1. The van der Waals surface area contributed by atoms with Crippen LogP contribution in [0.15, 0.2) is 42.5 Å². The summed E-state index contributed by atoms with van der Waals surface area (Å²) in [6, 6.07) is 10.5. The zero-order valence-electron chi connectivity index (χ0n) is 17.3. The van der Waals surface area contributed by atoms with Crippen molar-refractivity contribution in [2.24, 2.45) is 0 Å². The van der Waals surface area contributed by atoms with E-state index in [0.29, 0.717) is 11.3 Å². The highest BCUT2D eigenvalue weighted by atomic mass is 19.4. The van der Waals surface area contributed by atoms with Crippen LogP contribution in [-0.2, 0) is 6.18 Å². The third kappa shape index (κ3) is 3.71. The summed E-state index contributed by atoms with van der Waals surface area (Å²) in [7, 11) is 2.08. The number of piperazine rings is 1. The molecule has 0 spiro atoms. The van der Waals surface area contributed by atoms with Gasteiger partial charge in [-0.2, -0.15) is 13.2 Å². The molecule has 8 heteroatoms. The van der Waals surface area contributed by atoms with Gasteiger partial charge in [-0.15, -0.1) is 0 Å². The Morgan fingerprint density at radius 2 is 1.53 bits per heavy atom. The maximum absolute atomic E-state index is 13.4. The summed E-state index contributed by atoms with van der Waals surface area (Å²) in [5, 5.41) is 3.35. The molecule has 2 aromatic carbocycles. The van der Waals surface area contributed by atoms with E-state index in [1.807, 2.05) is 32.0 Å². The van der Waals surface area contributed by atoms with Crippen molar-refractivity contribution in [3.8, 4) is 0 Å². The summed E-state index contributed by atoms with van der Waals surface area (Å²) in [6.07, 6.45) is -4.41. The number of rotatable bonds is 2. The Morgan fingerprint density at radius 1 is 0.933 bits per heavy atom. The average Bonchev–Trinajstić information content (AvgIpc) is 2.67. The molecule has 0 aliphatic carbocycles. The number of alkyl halides is 3. The quantitative estimate of drug-likeness (QED) is 0.791. The summed E-state index contributed by atoms with van der Waals surface area (Å²) in [4.78, 5) is 19.5. The number of halogens is 3. The second kappa shape index (κ2) is 7.19. The molecule has 4 rings (SSSR count). The first-order chi connectivity index (χ1) is 14.1. The number of anilines is 3. The molecule has 1 N–H and O–H groups in total. The van der Waals surface area contributed by atoms with Gasteiger partial charge in [0.05, 0.1) is 11.1 Å². The first-order valence-electron chi connectivity index (χ1n) is 9.94. The van der Waals surface area contributed by atoms with Crippen molar-refractivity contribution < 1.29 is 18.0 Å². The molecule has 160 valence electrons. The smallest absolute Gasteiger partial charge is 0.369 e. The van der Waals surface area contributed by atoms with Crippen molar-refractivity contribution in [3.63, 3.8) is 0 Å². The molecule has 1 amide bonds. The maximum Gasteiger partial charge on any atom is 0.416 e. The largest absolute Gasteiger partial charge is 0.416 e. The van der Waals surface area contributed by atoms with Crippen LogP contribution in [0.4, 0.5) is 30.2 Å². The Labute approximate surface area is 174 Å². The molecule has 2 aliphatic heterocycles. The Hall–Kier alpha value is -2.74. The number of likely N-dealkylation sites (N-methyl/N-ethyl adjacent to an activating group) is 1. The number of hydrogen-bond acceptors (Lipinski definition) is 4. The monoisotopic (exact) mass is 418 g/mol. The van der Waals surface area contributed by atoms with Gasteiger partial charge in [0.25, 0.3) is 5.91 Å². The van der Waals surface area contributed by atoms with Crippen molar-refractivity contribution >= 4 is 23.0 Å². The molecular formula is C22H25F3N4O. The molecule has 2 aromatic rings. The molecule has 0 atom stereocenters. The summed E-state index contributed by atoms with van der Waals surface area (Å²) in [5.41, 5.74) is 1.11. The summed E-state index contributed by atoms with van der Waals surface area (Å²) < 4.78 is 38.8. The number of amides is 1. The molecular weight excluding hydrogens is 393 g/mol. The molecule has 0 saturated carbocycles. The highest BCUT2D eigenvalue weighted by Gasteiger charge is 2.39. The number of nitrogens with one attached hydrogen (secondary N) is 1. The molecule has 1 fully saturated rings. The van der Waals surface area contributed by atoms with E-state index in [1.165, 1.54) is 17.0 Å². The van der Waals surface area contributed by atoms with Crippen LogP contribution in [0.25, 0.3) is 0 Å². The van der Waals surface area contributed by atoms with E-state index in [2.05, 4.69) is 22.2 Å². The van der Waals surface area contributed by atoms with E-state index in [4.69, 9.17) is 0 Å². The van der Waals surface area contributed by atoms with Crippen molar-refractivity contribution in [3.05, 3.63) is 53.6 Å². The molecule has 5 nitrogen and oxygen atoms in total. The molecule has 2 aliphatic rings. The summed E-state index contributed by atoms with van der Waals surface area (Å²) in [5.74, 6) is -0.232. The first kappa shape index (κ1) is 20.5. The zero-order valence-corrected chi connectivity index (χ0v) is 17.3. The van der Waals surface area contributed by atoms with Gasteiger partial charge in [-0.25, -0.2) is 0 Å². The third-order valence-electron chi connectivity index (χ3n) is 5.76. The minimum atomic E-state index is -4.41. The Morgan fingerprint density at radius 3 is 2.13 bits per heavy atom. The number of fused-ring (bicyclic) bond motifs is 1. The van der Waals surface area contributed by atoms with Crippen LogP contribution in [0.2, 0.25) is 0 Å². The summed E-state index contributed by atoms with van der Waals surface area (Å²) >= 11 is 0. The second-order valence-corrected chi connectivity index (χ2v) is 8.39. The number of benzene rings is 2. The Balaban J connectivity index is 1.67. The minimum absolute atomic E-state index is 0.232. The lowest BCUT2D eigenvalue weighted by atomic mass is 9.99. The van der Waals surface area contributed by atoms with Gasteiger partial charge in [0.2, 0.25) is 0 Å². The fourth-order valence-electron chi connectivity index (χ4n) is 4.08. The maximum atomic E-state index is 13.4. The predicted molar refractivity (Wildman–Crippen MR) is 112 cm³/mol. The van der Waals surface area contributed by atoms with Gasteiger partial charge < -0.3 is 15.1 Å². The van der Waals surface area contributed by atoms with E-state index in [9.17, 15) is 18.0 Å². The van der Waals surface area contributed by atoms with Crippen LogP contribution in [-0.4, -0.2) is 49.7 Å². The third-order valence-corrected chi connectivity index (χ3v) is 5.76. The van der Waals surface area contributed by atoms with Gasteiger partial charge in [-0.05, 0) is 63.4 Å². The van der Waals surface area contributed by atoms with Gasteiger partial charge in [-0.3, -0.25) is 9.69 Å². The van der Waals surface area contributed by atoms with Crippen molar-refractivity contribution in [1.29, 1.82) is 0 Å². The van der Waals surface area contributed by atoms with Crippen molar-refractivity contribution in [2.75, 3.05) is 48.3 Å². The Kier molecular flexibility index (Phi) is 4.92. The zero-order chi connectivity index (χ0) is 21.7. The van der Waals surface area contributed by atoms with Crippen LogP contribution in [0.1, 0.15) is 29.8 Å². The van der Waals surface area contributed by atoms with Gasteiger partial charge >= 0.3 is 6.18 Å². The van der Waals surface area contributed by atoms with E-state index in [-0.39, 0.29) is 5.91 Å². The fourth-order valence-corrected chi connectivity index (χ4v) is 4.08. The number of carbonyl (C=O) groups is 1. The average molecular weight is 418 g/mol. The van der Waals surface area contributed by atoms with Gasteiger partial charge in [-0.1, -0.05) is 0 Å². The highest BCUT2D eigenvalue weighted by Crippen LogP contribution is 2.38. The molecule has 2 heterocycles. The van der Waals surface area contributed by atoms with Crippen LogP contribution in [0, 0.1) is 0 Å².